The number of rotatable bonds is 8. The van der Waals surface area contributed by atoms with Gasteiger partial charge in [-0.2, -0.15) is 8.78 Å². The molecule has 2 aromatic carbocycles. The number of alkyl halides is 2. The normalized spacial score (nSPS) is 12.1. The van der Waals surface area contributed by atoms with Crippen molar-refractivity contribution in [3.05, 3.63) is 64.2 Å². The second-order valence-electron chi connectivity index (χ2n) is 5.97. The van der Waals surface area contributed by atoms with Crippen LogP contribution < -0.4 is 15.2 Å². The average Bonchev–Trinajstić information content (AvgIpc) is 3.09. The highest BCUT2D eigenvalue weighted by Crippen LogP contribution is 2.34. The van der Waals surface area contributed by atoms with E-state index in [4.69, 9.17) is 14.9 Å². The summed E-state index contributed by atoms with van der Waals surface area (Å²) < 4.78 is 67.7. The monoisotopic (exact) mass is 504 g/mol. The van der Waals surface area contributed by atoms with Crippen LogP contribution >= 0.6 is 15.9 Å². The Balaban J connectivity index is 1.88. The zero-order valence-corrected chi connectivity index (χ0v) is 16.9. The van der Waals surface area contributed by atoms with E-state index < -0.39 is 48.2 Å². The average molecular weight is 505 g/mol. The number of carbonyl (C=O) groups excluding carboxylic acids is 1. The number of nitrogens with two attached hydrogens (primary N) is 1. The second kappa shape index (κ2) is 9.35. The highest BCUT2D eigenvalue weighted by atomic mass is 79.9. The van der Waals surface area contributed by atoms with Crippen LogP contribution in [0.15, 0.2) is 45.5 Å². The Morgan fingerprint density at radius 3 is 2.42 bits per heavy atom. The number of primary amides is 1. The van der Waals surface area contributed by atoms with Crippen LogP contribution in [0, 0.1) is 11.6 Å². The third-order valence-electron chi connectivity index (χ3n) is 3.97. The van der Waals surface area contributed by atoms with Gasteiger partial charge in [0.15, 0.2) is 22.3 Å². The van der Waals surface area contributed by atoms with Gasteiger partial charge in [-0.3, -0.25) is 4.79 Å². The van der Waals surface area contributed by atoms with Gasteiger partial charge in [-0.25, -0.2) is 13.8 Å². The summed E-state index contributed by atoms with van der Waals surface area (Å²) in [6, 6.07) is 7.17. The van der Waals surface area contributed by atoms with Crippen molar-refractivity contribution < 1.29 is 41.4 Å². The van der Waals surface area contributed by atoms with Gasteiger partial charge in [0, 0.05) is 5.56 Å². The first kappa shape index (κ1) is 22.6. The lowest BCUT2D eigenvalue weighted by Gasteiger charge is -2.15. The number of aliphatic hydroxyl groups excluding tert-OH is 1. The molecular formula is C19H13BrF4N2O5. The van der Waals surface area contributed by atoms with Gasteiger partial charge in [-0.1, -0.05) is 0 Å². The third kappa shape index (κ3) is 4.97. The minimum absolute atomic E-state index is 0.0628. The van der Waals surface area contributed by atoms with Crippen LogP contribution in [0.3, 0.4) is 0 Å². The van der Waals surface area contributed by atoms with Gasteiger partial charge in [0.25, 0.3) is 5.91 Å². The highest BCUT2D eigenvalue weighted by molar-refractivity contribution is 9.10. The molecular weight excluding hydrogens is 492 g/mol. The molecule has 3 N–H and O–H groups in total. The molecule has 0 spiro atoms. The van der Waals surface area contributed by atoms with E-state index in [1.165, 1.54) is 24.3 Å². The number of amides is 1. The Kier molecular flexibility index (Phi) is 6.81. The van der Waals surface area contributed by atoms with Crippen molar-refractivity contribution in [1.29, 1.82) is 0 Å². The molecule has 1 atom stereocenters. The summed E-state index contributed by atoms with van der Waals surface area (Å²) in [6.07, 6.45) is -1.33. The van der Waals surface area contributed by atoms with Crippen LogP contribution in [0.4, 0.5) is 17.6 Å². The number of carbonyl (C=O) groups is 1. The Hall–Kier alpha value is -3.12. The summed E-state index contributed by atoms with van der Waals surface area (Å²) in [4.78, 5) is 15.4. The van der Waals surface area contributed by atoms with Crippen molar-refractivity contribution >= 4 is 21.8 Å². The molecule has 31 heavy (non-hydrogen) atoms. The van der Waals surface area contributed by atoms with Gasteiger partial charge in [0.1, 0.15) is 22.8 Å². The topological polar surface area (TPSA) is 108 Å². The number of aliphatic hydroxyl groups is 1. The molecule has 1 amide bonds. The smallest absolute Gasteiger partial charge is 0.387 e. The first-order valence-corrected chi connectivity index (χ1v) is 9.27. The van der Waals surface area contributed by atoms with E-state index >= 15 is 0 Å². The van der Waals surface area contributed by atoms with Crippen molar-refractivity contribution in [2.75, 3.05) is 6.61 Å². The van der Waals surface area contributed by atoms with E-state index in [1.807, 2.05) is 0 Å². The lowest BCUT2D eigenvalue weighted by atomic mass is 10.1. The van der Waals surface area contributed by atoms with E-state index in [9.17, 15) is 27.5 Å². The summed E-state index contributed by atoms with van der Waals surface area (Å²) in [6.45, 7) is -3.68. The van der Waals surface area contributed by atoms with E-state index in [1.54, 1.807) is 0 Å². The molecule has 1 aromatic heterocycles. The second-order valence-corrected chi connectivity index (χ2v) is 6.69. The maximum atomic E-state index is 14.4. The molecule has 0 bridgehead atoms. The summed E-state index contributed by atoms with van der Waals surface area (Å²) in [5.74, 6) is -4.64. The van der Waals surface area contributed by atoms with Crippen LogP contribution in [-0.2, 0) is 0 Å². The molecule has 164 valence electrons. The number of benzene rings is 2. The van der Waals surface area contributed by atoms with E-state index in [2.05, 4.69) is 25.7 Å². The quantitative estimate of drug-likeness (QED) is 0.445. The predicted octanol–water partition coefficient (Wildman–Crippen LogP) is 4.20. The first-order chi connectivity index (χ1) is 14.7. The zero-order chi connectivity index (χ0) is 22.7. The number of hydrogen-bond donors (Lipinski definition) is 2. The predicted molar refractivity (Wildman–Crippen MR) is 102 cm³/mol. The summed E-state index contributed by atoms with van der Waals surface area (Å²) in [5, 5.41) is 9.64. The zero-order valence-electron chi connectivity index (χ0n) is 15.3. The fraction of sp³-hybridized carbons (Fsp3) is 0.158. The molecule has 3 rings (SSSR count). The van der Waals surface area contributed by atoms with Gasteiger partial charge in [-0.15, -0.1) is 0 Å². The molecule has 1 heterocycles. The molecule has 0 radical (unpaired) electrons. The SMILES string of the molecule is NC(=O)c1c(F)ccc(O[C@H](CO)c2nc(-c3ccc(OC(F)F)cc3)c(Br)o2)c1F. The third-order valence-corrected chi connectivity index (χ3v) is 4.51. The van der Waals surface area contributed by atoms with Gasteiger partial charge in [-0.05, 0) is 52.3 Å². The Morgan fingerprint density at radius 1 is 1.16 bits per heavy atom. The van der Waals surface area contributed by atoms with Crippen molar-refractivity contribution in [2.24, 2.45) is 5.73 Å². The maximum absolute atomic E-state index is 14.4. The minimum atomic E-state index is -2.97. The van der Waals surface area contributed by atoms with Crippen molar-refractivity contribution in [1.82, 2.24) is 4.98 Å². The minimum Gasteiger partial charge on any atom is -0.475 e. The van der Waals surface area contributed by atoms with Gasteiger partial charge < -0.3 is 24.7 Å². The molecule has 0 saturated heterocycles. The van der Waals surface area contributed by atoms with Crippen LogP contribution in [-0.4, -0.2) is 29.2 Å². The highest BCUT2D eigenvalue weighted by Gasteiger charge is 2.26. The first-order valence-electron chi connectivity index (χ1n) is 8.48. The largest absolute Gasteiger partial charge is 0.475 e. The van der Waals surface area contributed by atoms with Gasteiger partial charge >= 0.3 is 6.61 Å². The lowest BCUT2D eigenvalue weighted by Crippen LogP contribution is -2.18. The molecule has 0 fully saturated rings. The van der Waals surface area contributed by atoms with E-state index in [-0.39, 0.29) is 22.0 Å². The Morgan fingerprint density at radius 2 is 1.84 bits per heavy atom. The van der Waals surface area contributed by atoms with Crippen LogP contribution in [0.1, 0.15) is 22.4 Å². The Bertz CT molecular complexity index is 1090. The van der Waals surface area contributed by atoms with Crippen LogP contribution in [0.5, 0.6) is 11.5 Å². The number of halogens is 5. The van der Waals surface area contributed by atoms with E-state index in [0.717, 1.165) is 12.1 Å². The fourth-order valence-electron chi connectivity index (χ4n) is 2.60. The molecule has 0 aliphatic heterocycles. The van der Waals surface area contributed by atoms with Crippen molar-refractivity contribution in [3.63, 3.8) is 0 Å². The van der Waals surface area contributed by atoms with Gasteiger partial charge in [0.05, 0.1) is 6.61 Å². The Labute approximate surface area is 180 Å². The molecule has 0 aliphatic carbocycles. The number of nitrogens with zero attached hydrogens (tertiary/aromatic N) is 1. The standard InChI is InChI=1S/C19H13BrF4N2O5/c20-16-15(8-1-3-9(4-2-8)29-19(23)24)26-18(31-16)12(7-27)30-11-6-5-10(21)13(14(11)22)17(25)28/h1-6,12,19,27H,7H2,(H2,25,28)/t12-/m1/s1. The van der Waals surface area contributed by atoms with Crippen LogP contribution in [0.25, 0.3) is 11.3 Å². The molecule has 3 aromatic rings. The number of hydrogen-bond acceptors (Lipinski definition) is 6. The molecule has 0 unspecified atom stereocenters. The molecule has 7 nitrogen and oxygen atoms in total. The number of ether oxygens (including phenoxy) is 2. The molecule has 0 saturated carbocycles. The summed E-state index contributed by atoms with van der Waals surface area (Å²) >= 11 is 3.15. The van der Waals surface area contributed by atoms with Crippen molar-refractivity contribution in [3.8, 4) is 22.8 Å². The number of oxazole rings is 1. The van der Waals surface area contributed by atoms with Gasteiger partial charge in [0.2, 0.25) is 5.89 Å². The van der Waals surface area contributed by atoms with Crippen LogP contribution in [0.2, 0.25) is 0 Å². The van der Waals surface area contributed by atoms with Crippen molar-refractivity contribution in [2.45, 2.75) is 12.7 Å². The summed E-state index contributed by atoms with van der Waals surface area (Å²) in [7, 11) is 0. The number of aromatic nitrogens is 1. The maximum Gasteiger partial charge on any atom is 0.387 e. The summed E-state index contributed by atoms with van der Waals surface area (Å²) in [5.41, 5.74) is 4.66. The lowest BCUT2D eigenvalue weighted by molar-refractivity contribution is -0.0498. The fourth-order valence-corrected chi connectivity index (χ4v) is 3.08. The molecule has 0 aliphatic rings. The molecule has 12 heteroatoms. The van der Waals surface area contributed by atoms with E-state index in [0.29, 0.717) is 5.56 Å².